The van der Waals surface area contributed by atoms with E-state index in [0.29, 0.717) is 6.61 Å². The van der Waals surface area contributed by atoms with Crippen LogP contribution < -0.4 is 0 Å². The topological polar surface area (TPSA) is 26.3 Å². The molecule has 1 saturated carbocycles. The minimum Gasteiger partial charge on any atom is -0.465 e. The maximum atomic E-state index is 12.0. The average Bonchev–Trinajstić information content (AvgIpc) is 2.27. The summed E-state index contributed by atoms with van der Waals surface area (Å²) >= 11 is 0. The summed E-state index contributed by atoms with van der Waals surface area (Å²) in [4.78, 5) is 12.0. The Kier molecular flexibility index (Phi) is 5.13. The molecule has 1 fully saturated rings. The SMILES string of the molecule is CCCOC(=O)C1(CCC)CCCCC1. The van der Waals surface area contributed by atoms with Crippen molar-refractivity contribution >= 4 is 5.97 Å². The highest BCUT2D eigenvalue weighted by molar-refractivity contribution is 5.76. The van der Waals surface area contributed by atoms with Crippen LogP contribution in [0.2, 0.25) is 0 Å². The maximum absolute atomic E-state index is 12.0. The van der Waals surface area contributed by atoms with E-state index < -0.39 is 0 Å². The number of hydrogen-bond acceptors (Lipinski definition) is 2. The van der Waals surface area contributed by atoms with Gasteiger partial charge in [-0.2, -0.15) is 0 Å². The lowest BCUT2D eigenvalue weighted by molar-refractivity contribution is -0.158. The molecule has 0 aromatic carbocycles. The fourth-order valence-electron chi connectivity index (χ4n) is 2.61. The zero-order chi connectivity index (χ0) is 11.1. The summed E-state index contributed by atoms with van der Waals surface area (Å²) in [5.41, 5.74) is -0.123. The second kappa shape index (κ2) is 6.14. The molecule has 0 amide bonds. The standard InChI is InChI=1S/C13H24O2/c1-3-8-13(9-6-5-7-10-13)12(14)15-11-4-2/h3-11H2,1-2H3. The first kappa shape index (κ1) is 12.5. The second-order valence-electron chi connectivity index (χ2n) is 4.73. The Bertz CT molecular complexity index is 187. The molecule has 0 saturated heterocycles. The monoisotopic (exact) mass is 212 g/mol. The largest absolute Gasteiger partial charge is 0.465 e. The first-order chi connectivity index (χ1) is 7.25. The molecule has 0 heterocycles. The molecule has 0 aromatic rings. The number of carbonyl (C=O) groups excluding carboxylic acids is 1. The van der Waals surface area contributed by atoms with E-state index in [4.69, 9.17) is 4.74 Å². The lowest BCUT2D eigenvalue weighted by atomic mass is 9.71. The van der Waals surface area contributed by atoms with Gasteiger partial charge in [0.05, 0.1) is 12.0 Å². The van der Waals surface area contributed by atoms with Crippen molar-refractivity contribution in [1.82, 2.24) is 0 Å². The second-order valence-corrected chi connectivity index (χ2v) is 4.73. The van der Waals surface area contributed by atoms with E-state index >= 15 is 0 Å². The molecule has 2 heteroatoms. The molecule has 0 aromatic heterocycles. The van der Waals surface area contributed by atoms with Crippen LogP contribution in [-0.2, 0) is 9.53 Å². The van der Waals surface area contributed by atoms with Gasteiger partial charge in [0, 0.05) is 0 Å². The molecular weight excluding hydrogens is 188 g/mol. The minimum absolute atomic E-state index is 0.0749. The zero-order valence-corrected chi connectivity index (χ0v) is 10.2. The summed E-state index contributed by atoms with van der Waals surface area (Å²) in [6, 6.07) is 0. The van der Waals surface area contributed by atoms with Crippen LogP contribution >= 0.6 is 0 Å². The van der Waals surface area contributed by atoms with Crippen molar-refractivity contribution < 1.29 is 9.53 Å². The molecule has 2 nitrogen and oxygen atoms in total. The van der Waals surface area contributed by atoms with E-state index in [1.165, 1.54) is 19.3 Å². The van der Waals surface area contributed by atoms with Crippen molar-refractivity contribution in [1.29, 1.82) is 0 Å². The summed E-state index contributed by atoms with van der Waals surface area (Å²) < 4.78 is 5.35. The van der Waals surface area contributed by atoms with Crippen LogP contribution in [0.15, 0.2) is 0 Å². The van der Waals surface area contributed by atoms with Crippen LogP contribution in [0.4, 0.5) is 0 Å². The first-order valence-electron chi connectivity index (χ1n) is 6.42. The lowest BCUT2D eigenvalue weighted by Crippen LogP contribution is -2.35. The third kappa shape index (κ3) is 3.22. The molecule has 0 N–H and O–H groups in total. The van der Waals surface area contributed by atoms with Crippen molar-refractivity contribution in [2.24, 2.45) is 5.41 Å². The van der Waals surface area contributed by atoms with Gasteiger partial charge in [0.25, 0.3) is 0 Å². The lowest BCUT2D eigenvalue weighted by Gasteiger charge is -2.34. The Balaban J connectivity index is 2.57. The molecule has 0 aliphatic heterocycles. The minimum atomic E-state index is -0.123. The predicted molar refractivity (Wildman–Crippen MR) is 61.7 cm³/mol. The highest BCUT2D eigenvalue weighted by Gasteiger charge is 2.39. The summed E-state index contributed by atoms with van der Waals surface area (Å²) in [7, 11) is 0. The van der Waals surface area contributed by atoms with Gasteiger partial charge in [0.15, 0.2) is 0 Å². The van der Waals surface area contributed by atoms with Crippen molar-refractivity contribution in [3.8, 4) is 0 Å². The number of ether oxygens (including phenoxy) is 1. The quantitative estimate of drug-likeness (QED) is 0.650. The van der Waals surface area contributed by atoms with Crippen molar-refractivity contribution in [2.75, 3.05) is 6.61 Å². The smallest absolute Gasteiger partial charge is 0.312 e. The normalized spacial score (nSPS) is 19.9. The molecule has 1 aliphatic carbocycles. The van der Waals surface area contributed by atoms with Gasteiger partial charge in [-0.25, -0.2) is 0 Å². The van der Waals surface area contributed by atoms with E-state index in [0.717, 1.165) is 32.1 Å². The summed E-state index contributed by atoms with van der Waals surface area (Å²) in [5.74, 6) is 0.0749. The van der Waals surface area contributed by atoms with Gasteiger partial charge < -0.3 is 4.74 Å². The van der Waals surface area contributed by atoms with E-state index in [2.05, 4.69) is 6.92 Å². The molecule has 0 unspecified atom stereocenters. The van der Waals surface area contributed by atoms with Crippen LogP contribution in [0.5, 0.6) is 0 Å². The van der Waals surface area contributed by atoms with Gasteiger partial charge in [-0.3, -0.25) is 4.79 Å². The third-order valence-electron chi connectivity index (χ3n) is 3.41. The number of rotatable bonds is 5. The fourth-order valence-corrected chi connectivity index (χ4v) is 2.61. The highest BCUT2D eigenvalue weighted by Crippen LogP contribution is 2.41. The fraction of sp³-hybridized carbons (Fsp3) is 0.923. The molecule has 0 radical (unpaired) electrons. The molecule has 15 heavy (non-hydrogen) atoms. The van der Waals surface area contributed by atoms with Crippen LogP contribution in [0.1, 0.15) is 65.2 Å². The van der Waals surface area contributed by atoms with Crippen LogP contribution in [0.3, 0.4) is 0 Å². The predicted octanol–water partition coefficient (Wildman–Crippen LogP) is 3.69. The van der Waals surface area contributed by atoms with E-state index in [1.807, 2.05) is 6.92 Å². The molecule has 1 aliphatic rings. The Hall–Kier alpha value is -0.530. The Morgan fingerprint density at radius 1 is 1.13 bits per heavy atom. The Morgan fingerprint density at radius 3 is 2.33 bits per heavy atom. The third-order valence-corrected chi connectivity index (χ3v) is 3.41. The van der Waals surface area contributed by atoms with Crippen molar-refractivity contribution in [3.05, 3.63) is 0 Å². The molecule has 0 atom stereocenters. The number of carbonyl (C=O) groups is 1. The van der Waals surface area contributed by atoms with Gasteiger partial charge in [0.1, 0.15) is 0 Å². The summed E-state index contributed by atoms with van der Waals surface area (Å²) in [6.45, 7) is 4.79. The first-order valence-corrected chi connectivity index (χ1v) is 6.42. The maximum Gasteiger partial charge on any atom is 0.312 e. The summed E-state index contributed by atoms with van der Waals surface area (Å²) in [6.07, 6.45) is 8.78. The van der Waals surface area contributed by atoms with Crippen LogP contribution in [0.25, 0.3) is 0 Å². The highest BCUT2D eigenvalue weighted by atomic mass is 16.5. The van der Waals surface area contributed by atoms with Crippen molar-refractivity contribution in [2.45, 2.75) is 65.2 Å². The molecule has 88 valence electrons. The van der Waals surface area contributed by atoms with Crippen molar-refractivity contribution in [3.63, 3.8) is 0 Å². The van der Waals surface area contributed by atoms with Crippen LogP contribution in [0, 0.1) is 5.41 Å². The van der Waals surface area contributed by atoms with E-state index in [-0.39, 0.29) is 11.4 Å². The van der Waals surface area contributed by atoms with Gasteiger partial charge >= 0.3 is 5.97 Å². The molecular formula is C13H24O2. The summed E-state index contributed by atoms with van der Waals surface area (Å²) in [5, 5.41) is 0. The molecule has 0 bridgehead atoms. The Labute approximate surface area is 93.4 Å². The molecule has 1 rings (SSSR count). The van der Waals surface area contributed by atoms with Gasteiger partial charge in [-0.1, -0.05) is 39.5 Å². The number of esters is 1. The van der Waals surface area contributed by atoms with E-state index in [1.54, 1.807) is 0 Å². The average molecular weight is 212 g/mol. The van der Waals surface area contributed by atoms with E-state index in [9.17, 15) is 4.79 Å². The van der Waals surface area contributed by atoms with Gasteiger partial charge in [0.2, 0.25) is 0 Å². The molecule has 0 spiro atoms. The zero-order valence-electron chi connectivity index (χ0n) is 10.2. The van der Waals surface area contributed by atoms with Gasteiger partial charge in [-0.05, 0) is 25.7 Å². The number of hydrogen-bond donors (Lipinski definition) is 0. The van der Waals surface area contributed by atoms with Gasteiger partial charge in [-0.15, -0.1) is 0 Å². The Morgan fingerprint density at radius 2 is 1.80 bits per heavy atom. The van der Waals surface area contributed by atoms with Crippen LogP contribution in [-0.4, -0.2) is 12.6 Å².